The molecular weight excluding hydrogens is 167 g/mol. The Kier molecular flexibility index (Phi) is 3.68. The predicted octanol–water partition coefficient (Wildman–Crippen LogP) is 1.41. The molecule has 1 fully saturated rings. The fraction of sp³-hybridized carbons (Fsp3) is 1.00. The molecule has 1 heterocycles. The van der Waals surface area contributed by atoms with Gasteiger partial charge in [-0.1, -0.05) is 0 Å². The summed E-state index contributed by atoms with van der Waals surface area (Å²) in [6, 6.07) is 0.579. The van der Waals surface area contributed by atoms with E-state index in [9.17, 15) is 4.39 Å². The molecule has 1 aliphatic rings. The first-order valence-electron chi connectivity index (χ1n) is 5.14. The number of hydrogen-bond acceptors (Lipinski definition) is 2. The third-order valence-electron chi connectivity index (χ3n) is 3.31. The number of halogens is 1. The minimum absolute atomic E-state index is 0.203. The van der Waals surface area contributed by atoms with Gasteiger partial charge < -0.3 is 10.6 Å². The SMILES string of the molecule is CC(C)N1CCC(CN)(CF)CC1. The zero-order chi connectivity index (χ0) is 9.90. The average Bonchev–Trinajstić information content (AvgIpc) is 2.18. The molecule has 1 aliphatic heterocycles. The van der Waals surface area contributed by atoms with Crippen LogP contribution in [0.4, 0.5) is 4.39 Å². The second-order valence-electron chi connectivity index (χ2n) is 4.47. The van der Waals surface area contributed by atoms with E-state index in [1.165, 1.54) is 0 Å². The summed E-state index contributed by atoms with van der Waals surface area (Å²) in [5, 5.41) is 0. The highest BCUT2D eigenvalue weighted by molar-refractivity contribution is 4.87. The van der Waals surface area contributed by atoms with Crippen LogP contribution in [0.5, 0.6) is 0 Å². The van der Waals surface area contributed by atoms with E-state index in [1.54, 1.807) is 0 Å². The topological polar surface area (TPSA) is 29.3 Å². The molecule has 0 spiro atoms. The van der Waals surface area contributed by atoms with Gasteiger partial charge in [0.25, 0.3) is 0 Å². The molecule has 0 aromatic heterocycles. The second kappa shape index (κ2) is 4.38. The number of hydrogen-bond donors (Lipinski definition) is 1. The third-order valence-corrected chi connectivity index (χ3v) is 3.31. The number of piperidine rings is 1. The lowest BCUT2D eigenvalue weighted by molar-refractivity contribution is 0.0678. The number of alkyl halides is 1. The molecule has 78 valence electrons. The molecule has 0 saturated carbocycles. The van der Waals surface area contributed by atoms with Gasteiger partial charge in [0.15, 0.2) is 0 Å². The van der Waals surface area contributed by atoms with Crippen LogP contribution in [0.3, 0.4) is 0 Å². The van der Waals surface area contributed by atoms with E-state index in [0.717, 1.165) is 25.9 Å². The van der Waals surface area contributed by atoms with Crippen LogP contribution < -0.4 is 5.73 Å². The molecule has 0 aromatic carbocycles. The Balaban J connectivity index is 2.45. The minimum Gasteiger partial charge on any atom is -0.330 e. The number of nitrogens with zero attached hydrogens (tertiary/aromatic N) is 1. The molecular formula is C10H21FN2. The van der Waals surface area contributed by atoms with Crippen LogP contribution >= 0.6 is 0 Å². The van der Waals surface area contributed by atoms with Gasteiger partial charge in [0, 0.05) is 18.0 Å². The lowest BCUT2D eigenvalue weighted by Crippen LogP contribution is -2.47. The Labute approximate surface area is 80.3 Å². The molecule has 13 heavy (non-hydrogen) atoms. The smallest absolute Gasteiger partial charge is 0.0963 e. The van der Waals surface area contributed by atoms with Crippen LogP contribution in [-0.4, -0.2) is 37.3 Å². The molecule has 0 atom stereocenters. The summed E-state index contributed by atoms with van der Waals surface area (Å²) in [7, 11) is 0. The van der Waals surface area contributed by atoms with Crippen molar-refractivity contribution in [1.82, 2.24) is 4.90 Å². The average molecular weight is 188 g/mol. The van der Waals surface area contributed by atoms with E-state index in [4.69, 9.17) is 5.73 Å². The first-order chi connectivity index (χ1) is 6.13. The van der Waals surface area contributed by atoms with Gasteiger partial charge in [0.05, 0.1) is 6.67 Å². The largest absolute Gasteiger partial charge is 0.330 e. The molecule has 2 nitrogen and oxygen atoms in total. The Morgan fingerprint density at radius 1 is 1.38 bits per heavy atom. The number of likely N-dealkylation sites (tertiary alicyclic amines) is 1. The molecule has 0 bridgehead atoms. The zero-order valence-electron chi connectivity index (χ0n) is 8.72. The van der Waals surface area contributed by atoms with Crippen LogP contribution in [0.25, 0.3) is 0 Å². The Bertz CT molecular complexity index is 145. The van der Waals surface area contributed by atoms with Crippen molar-refractivity contribution in [3.8, 4) is 0 Å². The van der Waals surface area contributed by atoms with E-state index < -0.39 is 0 Å². The lowest BCUT2D eigenvalue weighted by Gasteiger charge is -2.41. The van der Waals surface area contributed by atoms with E-state index in [-0.39, 0.29) is 12.1 Å². The summed E-state index contributed by atoms with van der Waals surface area (Å²) < 4.78 is 12.8. The highest BCUT2D eigenvalue weighted by atomic mass is 19.1. The highest BCUT2D eigenvalue weighted by Crippen LogP contribution is 2.31. The zero-order valence-corrected chi connectivity index (χ0v) is 8.72. The van der Waals surface area contributed by atoms with Crippen LogP contribution in [0.2, 0.25) is 0 Å². The van der Waals surface area contributed by atoms with Gasteiger partial charge in [0.2, 0.25) is 0 Å². The number of nitrogens with two attached hydrogens (primary N) is 1. The van der Waals surface area contributed by atoms with Crippen molar-refractivity contribution in [1.29, 1.82) is 0 Å². The molecule has 3 heteroatoms. The Hall–Kier alpha value is -0.150. The quantitative estimate of drug-likeness (QED) is 0.725. The van der Waals surface area contributed by atoms with Crippen molar-refractivity contribution >= 4 is 0 Å². The van der Waals surface area contributed by atoms with Gasteiger partial charge in [0.1, 0.15) is 0 Å². The normalized spacial score (nSPS) is 23.8. The van der Waals surface area contributed by atoms with Gasteiger partial charge in [-0.05, 0) is 39.8 Å². The van der Waals surface area contributed by atoms with Crippen molar-refractivity contribution in [2.45, 2.75) is 32.7 Å². The summed E-state index contributed by atoms with van der Waals surface area (Å²) in [6.45, 7) is 6.61. The maximum Gasteiger partial charge on any atom is 0.0963 e. The van der Waals surface area contributed by atoms with Gasteiger partial charge in [-0.25, -0.2) is 0 Å². The molecule has 1 saturated heterocycles. The highest BCUT2D eigenvalue weighted by Gasteiger charge is 2.33. The Morgan fingerprint density at radius 2 is 1.92 bits per heavy atom. The van der Waals surface area contributed by atoms with E-state index >= 15 is 0 Å². The van der Waals surface area contributed by atoms with Crippen molar-refractivity contribution in [2.24, 2.45) is 11.1 Å². The maximum absolute atomic E-state index is 12.8. The van der Waals surface area contributed by atoms with Crippen LogP contribution in [-0.2, 0) is 0 Å². The van der Waals surface area contributed by atoms with Crippen molar-refractivity contribution in [3.05, 3.63) is 0 Å². The summed E-state index contributed by atoms with van der Waals surface area (Å²) >= 11 is 0. The minimum atomic E-state index is -0.255. The maximum atomic E-state index is 12.8. The molecule has 2 N–H and O–H groups in total. The van der Waals surface area contributed by atoms with Gasteiger partial charge in [-0.2, -0.15) is 0 Å². The molecule has 0 unspecified atom stereocenters. The van der Waals surface area contributed by atoms with Crippen molar-refractivity contribution < 1.29 is 4.39 Å². The van der Waals surface area contributed by atoms with Crippen LogP contribution in [0.15, 0.2) is 0 Å². The van der Waals surface area contributed by atoms with Gasteiger partial charge >= 0.3 is 0 Å². The fourth-order valence-electron chi connectivity index (χ4n) is 1.91. The molecule has 1 rings (SSSR count). The summed E-state index contributed by atoms with van der Waals surface area (Å²) in [5.74, 6) is 0. The summed E-state index contributed by atoms with van der Waals surface area (Å²) in [6.07, 6.45) is 1.83. The molecule has 0 aromatic rings. The molecule has 0 amide bonds. The first kappa shape index (κ1) is 10.9. The monoisotopic (exact) mass is 188 g/mol. The second-order valence-corrected chi connectivity index (χ2v) is 4.47. The summed E-state index contributed by atoms with van der Waals surface area (Å²) in [5.41, 5.74) is 5.41. The van der Waals surface area contributed by atoms with E-state index in [1.807, 2.05) is 0 Å². The van der Waals surface area contributed by atoms with Gasteiger partial charge in [-0.3, -0.25) is 4.39 Å². The number of rotatable bonds is 3. The lowest BCUT2D eigenvalue weighted by atomic mass is 9.79. The first-order valence-corrected chi connectivity index (χ1v) is 5.14. The fourth-order valence-corrected chi connectivity index (χ4v) is 1.91. The Morgan fingerprint density at radius 3 is 2.23 bits per heavy atom. The van der Waals surface area contributed by atoms with E-state index in [0.29, 0.717) is 12.6 Å². The standard InChI is InChI=1S/C10H21FN2/c1-9(2)13-5-3-10(7-11,8-12)4-6-13/h9H,3-8,12H2,1-2H3. The molecule has 0 radical (unpaired) electrons. The van der Waals surface area contributed by atoms with E-state index in [2.05, 4.69) is 18.7 Å². The van der Waals surface area contributed by atoms with Crippen LogP contribution in [0.1, 0.15) is 26.7 Å². The van der Waals surface area contributed by atoms with Crippen LogP contribution in [0, 0.1) is 5.41 Å². The third kappa shape index (κ3) is 2.41. The van der Waals surface area contributed by atoms with Crippen molar-refractivity contribution in [2.75, 3.05) is 26.3 Å². The van der Waals surface area contributed by atoms with Crippen molar-refractivity contribution in [3.63, 3.8) is 0 Å². The predicted molar refractivity (Wildman–Crippen MR) is 53.4 cm³/mol. The summed E-state index contributed by atoms with van der Waals surface area (Å²) in [4.78, 5) is 2.39. The molecule has 0 aliphatic carbocycles. The van der Waals surface area contributed by atoms with Gasteiger partial charge in [-0.15, -0.1) is 0 Å².